The maximum atomic E-state index is 6.06. The molecule has 4 nitrogen and oxygen atoms in total. The summed E-state index contributed by atoms with van der Waals surface area (Å²) < 4.78 is 1.80. The number of hydrogen-bond donors (Lipinski definition) is 1. The van der Waals surface area contributed by atoms with Crippen LogP contribution in [0.5, 0.6) is 0 Å². The minimum Gasteiger partial charge on any atom is -0.398 e. The average Bonchev–Trinajstić information content (AvgIpc) is 2.60. The smallest absolute Gasteiger partial charge is 0.160 e. The summed E-state index contributed by atoms with van der Waals surface area (Å²) in [6.45, 7) is 8.35. The third kappa shape index (κ3) is 2.10. The lowest BCUT2D eigenvalue weighted by Crippen LogP contribution is -2.13. The Morgan fingerprint density at radius 2 is 1.89 bits per heavy atom. The highest BCUT2D eigenvalue weighted by Gasteiger charge is 2.22. The van der Waals surface area contributed by atoms with Crippen LogP contribution < -0.4 is 5.73 Å². The van der Waals surface area contributed by atoms with Crippen molar-refractivity contribution in [1.29, 1.82) is 0 Å². The molecule has 1 heterocycles. The van der Waals surface area contributed by atoms with Crippen molar-refractivity contribution in [3.8, 4) is 11.4 Å². The van der Waals surface area contributed by atoms with Crippen molar-refractivity contribution in [2.75, 3.05) is 5.73 Å². The van der Waals surface area contributed by atoms with Crippen molar-refractivity contribution in [3.63, 3.8) is 0 Å². The van der Waals surface area contributed by atoms with Crippen LogP contribution in [0.4, 0.5) is 5.69 Å². The molecule has 0 atom stereocenters. The molecule has 1 aromatic carbocycles. The summed E-state index contributed by atoms with van der Waals surface area (Å²) in [5, 5.41) is 4.49. The van der Waals surface area contributed by atoms with E-state index in [1.165, 1.54) is 0 Å². The average molecular weight is 244 g/mol. The first-order valence-electron chi connectivity index (χ1n) is 6.07. The van der Waals surface area contributed by atoms with E-state index in [1.807, 2.05) is 32.2 Å². The number of nitrogens with two attached hydrogens (primary N) is 1. The van der Waals surface area contributed by atoms with Gasteiger partial charge in [-0.1, -0.05) is 32.9 Å². The number of nitrogens with zero attached hydrogens (tertiary/aromatic N) is 3. The fourth-order valence-corrected chi connectivity index (χ4v) is 1.92. The summed E-state index contributed by atoms with van der Waals surface area (Å²) in [5.74, 6) is 1.66. The van der Waals surface area contributed by atoms with Gasteiger partial charge < -0.3 is 5.73 Å². The van der Waals surface area contributed by atoms with Crippen LogP contribution in [0.25, 0.3) is 11.4 Å². The molecular weight excluding hydrogens is 224 g/mol. The van der Waals surface area contributed by atoms with Gasteiger partial charge in [0.05, 0.1) is 0 Å². The quantitative estimate of drug-likeness (QED) is 0.785. The van der Waals surface area contributed by atoms with Gasteiger partial charge in [0.25, 0.3) is 0 Å². The standard InChI is InChI=1S/C14H20N4/c1-9-7-6-8-10(15)11(9)12-16-13(14(2,3)4)17-18(12)5/h6-8H,15H2,1-5H3. The number of benzene rings is 1. The lowest BCUT2D eigenvalue weighted by Gasteiger charge is -2.12. The van der Waals surface area contributed by atoms with E-state index in [9.17, 15) is 0 Å². The zero-order chi connectivity index (χ0) is 13.5. The van der Waals surface area contributed by atoms with Gasteiger partial charge in [0, 0.05) is 23.7 Å². The molecule has 0 amide bonds. The highest BCUT2D eigenvalue weighted by atomic mass is 15.3. The van der Waals surface area contributed by atoms with Crippen molar-refractivity contribution in [2.45, 2.75) is 33.1 Å². The van der Waals surface area contributed by atoms with Gasteiger partial charge in [0.1, 0.15) is 0 Å². The predicted octanol–water partition coefficient (Wildman–Crippen LogP) is 2.67. The molecule has 0 bridgehead atoms. The Labute approximate surface area is 108 Å². The molecule has 2 N–H and O–H groups in total. The lowest BCUT2D eigenvalue weighted by molar-refractivity contribution is 0.538. The molecule has 0 radical (unpaired) electrons. The monoisotopic (exact) mass is 244 g/mol. The number of aromatic nitrogens is 3. The number of nitrogen functional groups attached to an aromatic ring is 1. The van der Waals surface area contributed by atoms with Gasteiger partial charge in [-0.25, -0.2) is 9.67 Å². The number of anilines is 1. The SMILES string of the molecule is Cc1cccc(N)c1-c1nc(C(C)(C)C)nn1C. The van der Waals surface area contributed by atoms with Crippen molar-refractivity contribution in [1.82, 2.24) is 14.8 Å². The van der Waals surface area contributed by atoms with E-state index in [1.54, 1.807) is 4.68 Å². The van der Waals surface area contributed by atoms with Gasteiger partial charge in [-0.05, 0) is 18.6 Å². The molecule has 0 aliphatic heterocycles. The van der Waals surface area contributed by atoms with Crippen molar-refractivity contribution in [3.05, 3.63) is 29.6 Å². The molecule has 2 aromatic rings. The number of aryl methyl sites for hydroxylation is 2. The number of rotatable bonds is 1. The van der Waals surface area contributed by atoms with E-state index in [4.69, 9.17) is 5.73 Å². The van der Waals surface area contributed by atoms with E-state index in [0.717, 1.165) is 28.5 Å². The van der Waals surface area contributed by atoms with Gasteiger partial charge in [0.15, 0.2) is 11.6 Å². The second kappa shape index (κ2) is 4.12. The van der Waals surface area contributed by atoms with Gasteiger partial charge in [-0.3, -0.25) is 0 Å². The third-order valence-electron chi connectivity index (χ3n) is 2.96. The van der Waals surface area contributed by atoms with Gasteiger partial charge >= 0.3 is 0 Å². The summed E-state index contributed by atoms with van der Waals surface area (Å²) in [7, 11) is 1.91. The van der Waals surface area contributed by atoms with E-state index in [2.05, 4.69) is 30.9 Å². The largest absolute Gasteiger partial charge is 0.398 e. The molecule has 0 spiro atoms. The topological polar surface area (TPSA) is 56.7 Å². The highest BCUT2D eigenvalue weighted by molar-refractivity contribution is 5.74. The Kier molecular flexibility index (Phi) is 2.89. The van der Waals surface area contributed by atoms with E-state index >= 15 is 0 Å². The van der Waals surface area contributed by atoms with Gasteiger partial charge in [0.2, 0.25) is 0 Å². The lowest BCUT2D eigenvalue weighted by atomic mass is 9.96. The fourth-order valence-electron chi connectivity index (χ4n) is 1.92. The first-order chi connectivity index (χ1) is 8.30. The van der Waals surface area contributed by atoms with Gasteiger partial charge in [-0.2, -0.15) is 5.10 Å². The molecule has 18 heavy (non-hydrogen) atoms. The summed E-state index contributed by atoms with van der Waals surface area (Å²) in [4.78, 5) is 4.64. The molecule has 0 fully saturated rings. The predicted molar refractivity (Wildman–Crippen MR) is 74.3 cm³/mol. The minimum atomic E-state index is -0.0620. The number of hydrogen-bond acceptors (Lipinski definition) is 3. The zero-order valence-electron chi connectivity index (χ0n) is 11.7. The van der Waals surface area contributed by atoms with Crippen LogP contribution >= 0.6 is 0 Å². The normalized spacial score (nSPS) is 11.8. The molecule has 4 heteroatoms. The molecule has 1 aromatic heterocycles. The molecule has 0 unspecified atom stereocenters. The highest BCUT2D eigenvalue weighted by Crippen LogP contribution is 2.29. The fraction of sp³-hybridized carbons (Fsp3) is 0.429. The van der Waals surface area contributed by atoms with Crippen LogP contribution in [0, 0.1) is 6.92 Å². The second-order valence-electron chi connectivity index (χ2n) is 5.67. The Morgan fingerprint density at radius 3 is 2.39 bits per heavy atom. The van der Waals surface area contributed by atoms with Crippen molar-refractivity contribution < 1.29 is 0 Å². The third-order valence-corrected chi connectivity index (χ3v) is 2.96. The summed E-state index contributed by atoms with van der Waals surface area (Å²) in [5.41, 5.74) is 8.83. The van der Waals surface area contributed by atoms with E-state index in [0.29, 0.717) is 0 Å². The van der Waals surface area contributed by atoms with Crippen LogP contribution in [0.2, 0.25) is 0 Å². The van der Waals surface area contributed by atoms with Gasteiger partial charge in [-0.15, -0.1) is 0 Å². The Morgan fingerprint density at radius 1 is 1.22 bits per heavy atom. The summed E-state index contributed by atoms with van der Waals surface area (Å²) in [6.07, 6.45) is 0. The Balaban J connectivity index is 2.62. The molecule has 0 saturated heterocycles. The second-order valence-corrected chi connectivity index (χ2v) is 5.67. The minimum absolute atomic E-state index is 0.0620. The molecule has 96 valence electrons. The van der Waals surface area contributed by atoms with Crippen LogP contribution in [0.3, 0.4) is 0 Å². The Bertz CT molecular complexity index is 556. The van der Waals surface area contributed by atoms with Crippen molar-refractivity contribution >= 4 is 5.69 Å². The van der Waals surface area contributed by atoms with E-state index < -0.39 is 0 Å². The van der Waals surface area contributed by atoms with Crippen LogP contribution in [0.15, 0.2) is 18.2 Å². The maximum absolute atomic E-state index is 6.06. The molecule has 0 aliphatic rings. The Hall–Kier alpha value is -1.84. The molecular formula is C14H20N4. The van der Waals surface area contributed by atoms with Crippen molar-refractivity contribution in [2.24, 2.45) is 7.05 Å². The molecule has 0 saturated carbocycles. The zero-order valence-corrected chi connectivity index (χ0v) is 11.7. The summed E-state index contributed by atoms with van der Waals surface area (Å²) in [6, 6.07) is 5.89. The first kappa shape index (κ1) is 12.6. The van der Waals surface area contributed by atoms with E-state index in [-0.39, 0.29) is 5.41 Å². The maximum Gasteiger partial charge on any atom is 0.160 e. The van der Waals surface area contributed by atoms with Crippen LogP contribution in [0.1, 0.15) is 32.2 Å². The molecule has 0 aliphatic carbocycles. The van der Waals surface area contributed by atoms with Crippen LogP contribution in [-0.2, 0) is 12.5 Å². The summed E-state index contributed by atoms with van der Waals surface area (Å²) >= 11 is 0. The van der Waals surface area contributed by atoms with Crippen LogP contribution in [-0.4, -0.2) is 14.8 Å². The molecule has 2 rings (SSSR count). The first-order valence-corrected chi connectivity index (χ1v) is 6.07.